The molecule has 0 spiro atoms. The maximum absolute atomic E-state index is 13.3. The molecule has 1 N–H and O–H groups in total. The number of ether oxygens (including phenoxy) is 1. The maximum Gasteiger partial charge on any atom is 0.416 e. The van der Waals surface area contributed by atoms with Gasteiger partial charge in [-0.1, -0.05) is 11.6 Å². The number of nitrogens with zero attached hydrogens (tertiary/aromatic N) is 4. The number of carboxylic acids is 1. The van der Waals surface area contributed by atoms with Crippen LogP contribution in [0.3, 0.4) is 0 Å². The van der Waals surface area contributed by atoms with Gasteiger partial charge in [0.25, 0.3) is 11.2 Å². The number of nitroso groups, excluding NO2 is 1. The van der Waals surface area contributed by atoms with Gasteiger partial charge in [-0.2, -0.15) is 18.4 Å². The van der Waals surface area contributed by atoms with Crippen molar-refractivity contribution in [2.45, 2.75) is 32.6 Å². The lowest BCUT2D eigenvalue weighted by Gasteiger charge is -2.18. The van der Waals surface area contributed by atoms with Crippen LogP contribution in [0.25, 0.3) is 16.5 Å². The fourth-order valence-electron chi connectivity index (χ4n) is 4.77. The number of hydrogen-bond acceptors (Lipinski definition) is 7. The zero-order valence-corrected chi connectivity index (χ0v) is 23.4. The molecule has 0 saturated carbocycles. The Balaban J connectivity index is 1.49. The molecule has 0 amide bonds. The quantitative estimate of drug-likeness (QED) is 0.251. The number of aryl methyl sites for hydroxylation is 1. The van der Waals surface area contributed by atoms with Crippen molar-refractivity contribution in [1.29, 1.82) is 5.26 Å². The van der Waals surface area contributed by atoms with Crippen molar-refractivity contribution >= 4 is 51.1 Å². The summed E-state index contributed by atoms with van der Waals surface area (Å²) in [5.41, 5.74) is -1.48. The molecule has 1 aliphatic heterocycles. The molecule has 5 rings (SSSR count). The van der Waals surface area contributed by atoms with Crippen molar-refractivity contribution in [3.8, 4) is 11.8 Å². The van der Waals surface area contributed by atoms with Gasteiger partial charge < -0.3 is 9.84 Å². The van der Waals surface area contributed by atoms with Crippen LogP contribution in [0.4, 0.5) is 18.9 Å². The number of fused-ring (bicyclic) bond motifs is 2. The number of halogens is 4. The van der Waals surface area contributed by atoms with Crippen molar-refractivity contribution < 1.29 is 32.6 Å². The predicted molar refractivity (Wildman–Crippen MR) is 149 cm³/mol. The highest BCUT2D eigenvalue weighted by molar-refractivity contribution is 7.12. The van der Waals surface area contributed by atoms with Gasteiger partial charge in [-0.3, -0.25) is 9.36 Å². The summed E-state index contributed by atoms with van der Waals surface area (Å²) >= 11 is 7.38. The lowest BCUT2D eigenvalue weighted by atomic mass is 9.96. The molecular weight excluding hydrogens is 597 g/mol. The van der Waals surface area contributed by atoms with Crippen LogP contribution in [0.5, 0.6) is 5.75 Å². The molecule has 1 atom stereocenters. The largest absolute Gasteiger partial charge is 0.491 e. The van der Waals surface area contributed by atoms with E-state index in [1.54, 1.807) is 37.3 Å². The fraction of sp³-hybridized carbons (Fsp3) is 0.214. The zero-order chi connectivity index (χ0) is 30.5. The molecule has 2 aromatic heterocycles. The van der Waals surface area contributed by atoms with Crippen molar-refractivity contribution in [2.24, 2.45) is 0 Å². The minimum atomic E-state index is -4.72. The van der Waals surface area contributed by atoms with E-state index >= 15 is 0 Å². The van der Waals surface area contributed by atoms with E-state index in [1.165, 1.54) is 16.9 Å². The Hall–Kier alpha value is -4.54. The number of carboxylic acid groups (broad SMARTS) is 1. The van der Waals surface area contributed by atoms with Gasteiger partial charge >= 0.3 is 12.1 Å². The summed E-state index contributed by atoms with van der Waals surface area (Å²) in [6.45, 7) is 2.94. The zero-order valence-electron chi connectivity index (χ0n) is 21.8. The van der Waals surface area contributed by atoms with E-state index in [1.807, 2.05) is 0 Å². The first kappa shape index (κ1) is 29.0. The molecule has 14 heteroatoms. The van der Waals surface area contributed by atoms with Crippen LogP contribution in [0, 0.1) is 23.2 Å². The molecule has 1 unspecified atom stereocenters. The van der Waals surface area contributed by atoms with Crippen LogP contribution in [0.2, 0.25) is 5.02 Å². The molecule has 42 heavy (non-hydrogen) atoms. The third-order valence-electron chi connectivity index (χ3n) is 6.74. The highest BCUT2D eigenvalue weighted by Gasteiger charge is 2.39. The molecule has 0 bridgehead atoms. The Morgan fingerprint density at radius 2 is 2.05 bits per heavy atom. The second-order valence-corrected chi connectivity index (χ2v) is 10.7. The van der Waals surface area contributed by atoms with Gasteiger partial charge in [-0.15, -0.1) is 11.3 Å². The Labute approximate surface area is 244 Å². The molecule has 3 heterocycles. The third-order valence-corrected chi connectivity index (χ3v) is 7.98. The number of nitriles is 1. The van der Waals surface area contributed by atoms with Gasteiger partial charge in [0.1, 0.15) is 34.7 Å². The normalized spacial score (nSPS) is 14.8. The van der Waals surface area contributed by atoms with Gasteiger partial charge in [0, 0.05) is 38.1 Å². The fourth-order valence-corrected chi connectivity index (χ4v) is 6.01. The molecule has 0 aliphatic carbocycles. The molecule has 0 saturated heterocycles. The summed E-state index contributed by atoms with van der Waals surface area (Å²) in [7, 11) is 0. The second-order valence-electron chi connectivity index (χ2n) is 9.41. The van der Waals surface area contributed by atoms with E-state index in [9.17, 15) is 38.0 Å². The highest BCUT2D eigenvalue weighted by atomic mass is 35.5. The SMILES string of the molecule is Cc1nc2cc(C(F)(F)F)cc(C#N)c2c(=O)n1CCOc1ccc(Cl)cc1C1=CC(C)[N+](=O)c2c(C(=O)O)csc21. The van der Waals surface area contributed by atoms with E-state index in [4.69, 9.17) is 16.3 Å². The first-order valence-corrected chi connectivity index (χ1v) is 13.6. The van der Waals surface area contributed by atoms with Crippen LogP contribution in [-0.4, -0.2) is 38.0 Å². The summed E-state index contributed by atoms with van der Waals surface area (Å²) < 4.78 is 47.8. The van der Waals surface area contributed by atoms with Gasteiger partial charge in [-0.25, -0.2) is 9.78 Å². The number of benzene rings is 2. The first-order chi connectivity index (χ1) is 19.8. The molecule has 4 aromatic rings. The highest BCUT2D eigenvalue weighted by Crippen LogP contribution is 2.45. The monoisotopic (exact) mass is 615 g/mol. The second kappa shape index (κ2) is 10.7. The number of aromatic nitrogens is 2. The van der Waals surface area contributed by atoms with Crippen LogP contribution < -0.4 is 10.3 Å². The van der Waals surface area contributed by atoms with Crippen LogP contribution in [-0.2, 0) is 12.7 Å². The molecule has 0 fully saturated rings. The molecule has 1 aliphatic rings. The summed E-state index contributed by atoms with van der Waals surface area (Å²) in [6.07, 6.45) is -3.04. The Morgan fingerprint density at radius 1 is 1.31 bits per heavy atom. The van der Waals surface area contributed by atoms with E-state index < -0.39 is 34.9 Å². The summed E-state index contributed by atoms with van der Waals surface area (Å²) in [5, 5.41) is 20.6. The van der Waals surface area contributed by atoms with Crippen LogP contribution in [0.15, 0.2) is 46.6 Å². The first-order valence-electron chi connectivity index (χ1n) is 12.3. The lowest BCUT2D eigenvalue weighted by Crippen LogP contribution is -2.27. The van der Waals surface area contributed by atoms with Gasteiger partial charge in [0.15, 0.2) is 0 Å². The minimum absolute atomic E-state index is 0.0369. The molecule has 2 aromatic carbocycles. The number of rotatable bonds is 6. The average molecular weight is 616 g/mol. The van der Waals surface area contributed by atoms with E-state index in [-0.39, 0.29) is 41.1 Å². The number of aromatic carboxylic acids is 1. The van der Waals surface area contributed by atoms with Gasteiger partial charge in [0.2, 0.25) is 6.04 Å². The van der Waals surface area contributed by atoms with Gasteiger partial charge in [0.05, 0.1) is 28.6 Å². The number of hydrogen-bond donors (Lipinski definition) is 1. The molecule has 9 nitrogen and oxygen atoms in total. The predicted octanol–water partition coefficient (Wildman–Crippen LogP) is 6.33. The molecule has 214 valence electrons. The van der Waals surface area contributed by atoms with E-state index in [0.717, 1.165) is 17.4 Å². The number of alkyl halides is 3. The van der Waals surface area contributed by atoms with Gasteiger partial charge in [-0.05, 0) is 43.3 Å². The minimum Gasteiger partial charge on any atom is -0.491 e. The van der Waals surface area contributed by atoms with Crippen molar-refractivity contribution in [3.05, 3.63) is 95.0 Å². The van der Waals surface area contributed by atoms with Crippen LogP contribution in [0.1, 0.15) is 44.7 Å². The standard InChI is InChI=1S/C28H18ClF3N4O5S/c1-13-7-19(25-24(36(13)40)20(12-42-25)27(38)39)18-10-17(29)3-4-22(18)41-6-5-35-14(2)34-21-9-16(28(30,31)32)8-15(11-33)23(21)26(35)37/h3-4,7-10,12-13H,5-6H2,1-2H3/p+1. The maximum atomic E-state index is 13.3. The van der Waals surface area contributed by atoms with Crippen molar-refractivity contribution in [1.82, 2.24) is 9.55 Å². The number of carbonyl (C=O) groups is 1. The van der Waals surface area contributed by atoms with Crippen molar-refractivity contribution in [3.63, 3.8) is 0 Å². The Morgan fingerprint density at radius 3 is 2.71 bits per heavy atom. The molecule has 0 radical (unpaired) electrons. The Bertz CT molecular complexity index is 1940. The number of thiophene rings is 1. The van der Waals surface area contributed by atoms with E-state index in [2.05, 4.69) is 4.98 Å². The lowest BCUT2D eigenvalue weighted by molar-refractivity contribution is -0.489. The topological polar surface area (TPSA) is 125 Å². The third kappa shape index (κ3) is 5.03. The smallest absolute Gasteiger partial charge is 0.416 e. The molecular formula is C28H19ClF3N4O5S+. The van der Waals surface area contributed by atoms with Crippen LogP contribution >= 0.6 is 22.9 Å². The summed E-state index contributed by atoms with van der Waals surface area (Å²) in [6, 6.07) is 7.12. The average Bonchev–Trinajstić information content (AvgIpc) is 3.38. The van der Waals surface area contributed by atoms with E-state index in [0.29, 0.717) is 37.6 Å². The van der Waals surface area contributed by atoms with Crippen molar-refractivity contribution in [2.75, 3.05) is 6.61 Å². The summed E-state index contributed by atoms with van der Waals surface area (Å²) in [4.78, 5) is 42.4. The Kier molecular flexibility index (Phi) is 7.38. The summed E-state index contributed by atoms with van der Waals surface area (Å²) in [5.74, 6) is -0.775.